The summed E-state index contributed by atoms with van der Waals surface area (Å²) in [4.78, 5) is 11.7. The summed E-state index contributed by atoms with van der Waals surface area (Å²) in [6, 6.07) is 0. The molecule has 0 saturated heterocycles. The molecule has 3 aliphatic carbocycles. The SMILES string of the molecule is O=C1CCCC2C1=C1CCCCC12. The van der Waals surface area contributed by atoms with Crippen LogP contribution in [0.2, 0.25) is 0 Å². The minimum Gasteiger partial charge on any atom is -0.295 e. The number of fused-ring (bicyclic) bond motifs is 3. The highest BCUT2D eigenvalue weighted by Crippen LogP contribution is 2.53. The Morgan fingerprint density at radius 2 is 1.77 bits per heavy atom. The largest absolute Gasteiger partial charge is 0.295 e. The van der Waals surface area contributed by atoms with E-state index in [2.05, 4.69) is 0 Å². The Hall–Kier alpha value is -0.590. The van der Waals surface area contributed by atoms with Crippen molar-refractivity contribution in [3.8, 4) is 0 Å². The minimum absolute atomic E-state index is 0.490. The molecule has 0 spiro atoms. The fourth-order valence-electron chi connectivity index (χ4n) is 3.51. The predicted molar refractivity (Wildman–Crippen MR) is 51.3 cm³/mol. The predicted octanol–water partition coefficient (Wildman–Crippen LogP) is 2.86. The van der Waals surface area contributed by atoms with Crippen LogP contribution >= 0.6 is 0 Å². The molecule has 0 aromatic carbocycles. The normalized spacial score (nSPS) is 38.0. The molecule has 13 heavy (non-hydrogen) atoms. The minimum atomic E-state index is 0.490. The van der Waals surface area contributed by atoms with Crippen LogP contribution in [0, 0.1) is 11.8 Å². The lowest BCUT2D eigenvalue weighted by atomic mass is 9.57. The van der Waals surface area contributed by atoms with Gasteiger partial charge in [0.2, 0.25) is 0 Å². The summed E-state index contributed by atoms with van der Waals surface area (Å²) < 4.78 is 0. The summed E-state index contributed by atoms with van der Waals surface area (Å²) in [6.45, 7) is 0. The van der Waals surface area contributed by atoms with Crippen LogP contribution in [0.25, 0.3) is 0 Å². The molecule has 2 fully saturated rings. The molecule has 0 aromatic heterocycles. The maximum atomic E-state index is 11.7. The van der Waals surface area contributed by atoms with Crippen LogP contribution in [0.5, 0.6) is 0 Å². The Morgan fingerprint density at radius 3 is 2.69 bits per heavy atom. The van der Waals surface area contributed by atoms with E-state index in [1.165, 1.54) is 37.7 Å². The summed E-state index contributed by atoms with van der Waals surface area (Å²) in [5.74, 6) is 2.04. The molecule has 1 nitrogen and oxygen atoms in total. The van der Waals surface area contributed by atoms with Gasteiger partial charge in [0.05, 0.1) is 0 Å². The molecule has 0 aromatic rings. The zero-order valence-electron chi connectivity index (χ0n) is 8.01. The number of ketones is 1. The number of allylic oxidation sites excluding steroid dienone is 2. The Labute approximate surface area is 79.2 Å². The quantitative estimate of drug-likeness (QED) is 0.554. The van der Waals surface area contributed by atoms with E-state index < -0.39 is 0 Å². The van der Waals surface area contributed by atoms with Gasteiger partial charge in [0, 0.05) is 6.42 Å². The first-order valence-corrected chi connectivity index (χ1v) is 5.64. The summed E-state index contributed by atoms with van der Waals surface area (Å²) >= 11 is 0. The molecule has 2 saturated carbocycles. The second-order valence-corrected chi connectivity index (χ2v) is 4.71. The van der Waals surface area contributed by atoms with Crippen LogP contribution < -0.4 is 0 Å². The molecule has 70 valence electrons. The second-order valence-electron chi connectivity index (χ2n) is 4.71. The van der Waals surface area contributed by atoms with Crippen molar-refractivity contribution in [2.45, 2.75) is 44.9 Å². The lowest BCUT2D eigenvalue weighted by Crippen LogP contribution is -2.39. The number of Topliss-reactive ketones (excluding diaryl/α,β-unsaturated/α-hetero) is 1. The van der Waals surface area contributed by atoms with E-state index in [0.717, 1.165) is 18.8 Å². The van der Waals surface area contributed by atoms with E-state index in [1.54, 1.807) is 5.57 Å². The lowest BCUT2D eigenvalue weighted by molar-refractivity contribution is -0.118. The molecule has 0 bridgehead atoms. The van der Waals surface area contributed by atoms with Crippen LogP contribution in [0.1, 0.15) is 44.9 Å². The lowest BCUT2D eigenvalue weighted by Gasteiger charge is -2.46. The summed E-state index contributed by atoms with van der Waals surface area (Å²) in [7, 11) is 0. The number of carbonyl (C=O) groups excluding carboxylic acids is 1. The van der Waals surface area contributed by atoms with Gasteiger partial charge in [0.25, 0.3) is 0 Å². The number of rotatable bonds is 0. The maximum Gasteiger partial charge on any atom is 0.159 e. The Bertz CT molecular complexity index is 287. The molecular formula is C12H16O. The van der Waals surface area contributed by atoms with Crippen LogP contribution in [0.15, 0.2) is 11.1 Å². The molecule has 1 heteroatoms. The van der Waals surface area contributed by atoms with Gasteiger partial charge in [0.15, 0.2) is 5.78 Å². The zero-order valence-corrected chi connectivity index (χ0v) is 8.01. The first-order chi connectivity index (χ1) is 6.38. The van der Waals surface area contributed by atoms with Crippen molar-refractivity contribution < 1.29 is 4.79 Å². The van der Waals surface area contributed by atoms with Gasteiger partial charge in [-0.1, -0.05) is 12.0 Å². The topological polar surface area (TPSA) is 17.1 Å². The molecule has 3 aliphatic rings. The third-order valence-electron chi connectivity index (χ3n) is 4.08. The third kappa shape index (κ3) is 0.962. The van der Waals surface area contributed by atoms with Crippen LogP contribution in [-0.2, 0) is 4.79 Å². The molecule has 0 aliphatic heterocycles. The Kier molecular flexibility index (Phi) is 1.61. The van der Waals surface area contributed by atoms with E-state index in [-0.39, 0.29) is 0 Å². The molecule has 0 N–H and O–H groups in total. The third-order valence-corrected chi connectivity index (χ3v) is 4.08. The average molecular weight is 176 g/mol. The molecule has 3 rings (SSSR count). The van der Waals surface area contributed by atoms with Gasteiger partial charge in [0.1, 0.15) is 0 Å². The number of hydrogen-bond donors (Lipinski definition) is 0. The Morgan fingerprint density at radius 1 is 0.923 bits per heavy atom. The van der Waals surface area contributed by atoms with Gasteiger partial charge in [-0.15, -0.1) is 0 Å². The van der Waals surface area contributed by atoms with Crippen molar-refractivity contribution in [1.29, 1.82) is 0 Å². The zero-order chi connectivity index (χ0) is 8.84. The smallest absolute Gasteiger partial charge is 0.159 e. The fourth-order valence-corrected chi connectivity index (χ4v) is 3.51. The monoisotopic (exact) mass is 176 g/mol. The first kappa shape index (κ1) is 7.78. The molecule has 0 amide bonds. The highest BCUT2D eigenvalue weighted by molar-refractivity contribution is 5.99. The van der Waals surface area contributed by atoms with Crippen molar-refractivity contribution in [2.75, 3.05) is 0 Å². The average Bonchev–Trinajstić information content (AvgIpc) is 2.14. The van der Waals surface area contributed by atoms with E-state index in [1.807, 2.05) is 0 Å². The van der Waals surface area contributed by atoms with Crippen LogP contribution in [0.3, 0.4) is 0 Å². The van der Waals surface area contributed by atoms with Gasteiger partial charge in [-0.3, -0.25) is 4.79 Å². The fraction of sp³-hybridized carbons (Fsp3) is 0.750. The van der Waals surface area contributed by atoms with Crippen molar-refractivity contribution in [3.05, 3.63) is 11.1 Å². The first-order valence-electron chi connectivity index (χ1n) is 5.64. The van der Waals surface area contributed by atoms with Gasteiger partial charge < -0.3 is 0 Å². The highest BCUT2D eigenvalue weighted by Gasteiger charge is 2.44. The van der Waals surface area contributed by atoms with Crippen LogP contribution in [-0.4, -0.2) is 5.78 Å². The summed E-state index contributed by atoms with van der Waals surface area (Å²) in [5, 5.41) is 0. The van der Waals surface area contributed by atoms with Crippen molar-refractivity contribution >= 4 is 5.78 Å². The number of carbonyl (C=O) groups is 1. The van der Waals surface area contributed by atoms with E-state index in [0.29, 0.717) is 11.7 Å². The Balaban J connectivity index is 1.96. The molecule has 2 unspecified atom stereocenters. The van der Waals surface area contributed by atoms with Crippen LogP contribution in [0.4, 0.5) is 0 Å². The van der Waals surface area contributed by atoms with Gasteiger partial charge in [-0.2, -0.15) is 0 Å². The molecule has 2 atom stereocenters. The van der Waals surface area contributed by atoms with Crippen molar-refractivity contribution in [3.63, 3.8) is 0 Å². The number of hydrogen-bond acceptors (Lipinski definition) is 1. The standard InChI is InChI=1S/C12H16O/c13-11-7-3-6-10-8-4-1-2-5-9(8)12(10)11/h8,10H,1-7H2. The van der Waals surface area contributed by atoms with Gasteiger partial charge in [-0.05, 0) is 49.5 Å². The second kappa shape index (κ2) is 2.70. The summed E-state index contributed by atoms with van der Waals surface area (Å²) in [6.07, 6.45) is 8.62. The van der Waals surface area contributed by atoms with Crippen molar-refractivity contribution in [1.82, 2.24) is 0 Å². The molecule has 0 heterocycles. The van der Waals surface area contributed by atoms with E-state index >= 15 is 0 Å². The molecular weight excluding hydrogens is 160 g/mol. The highest BCUT2D eigenvalue weighted by atomic mass is 16.1. The van der Waals surface area contributed by atoms with Crippen molar-refractivity contribution in [2.24, 2.45) is 11.8 Å². The van der Waals surface area contributed by atoms with E-state index in [4.69, 9.17) is 0 Å². The maximum absolute atomic E-state index is 11.7. The summed E-state index contributed by atoms with van der Waals surface area (Å²) in [5.41, 5.74) is 2.86. The van der Waals surface area contributed by atoms with Gasteiger partial charge in [-0.25, -0.2) is 0 Å². The van der Waals surface area contributed by atoms with E-state index in [9.17, 15) is 4.79 Å². The molecule has 0 radical (unpaired) electrons. The van der Waals surface area contributed by atoms with Gasteiger partial charge >= 0.3 is 0 Å².